The second kappa shape index (κ2) is 6.57. The summed E-state index contributed by atoms with van der Waals surface area (Å²) in [7, 11) is 1.76. The van der Waals surface area contributed by atoms with Crippen LogP contribution in [-0.4, -0.2) is 17.9 Å². The van der Waals surface area contributed by atoms with Gasteiger partial charge in [-0.05, 0) is 42.8 Å². The number of hydrogen-bond acceptors (Lipinski definition) is 2. The van der Waals surface area contributed by atoms with Gasteiger partial charge in [-0.15, -0.1) is 0 Å². The number of amides is 1. The van der Waals surface area contributed by atoms with Crippen LogP contribution in [-0.2, 0) is 11.3 Å². The molecular weight excluding hydrogens is 318 g/mol. The third kappa shape index (κ3) is 4.10. The summed E-state index contributed by atoms with van der Waals surface area (Å²) in [6.07, 6.45) is 3.37. The van der Waals surface area contributed by atoms with Gasteiger partial charge in [0.25, 0.3) is 0 Å². The molecule has 104 valence electrons. The molecule has 0 saturated carbocycles. The number of likely N-dealkylation sites (N-methyl/N-ethyl adjacent to an activating group) is 1. The Bertz CT molecular complexity index is 631. The van der Waals surface area contributed by atoms with Crippen LogP contribution < -0.4 is 0 Å². The molecule has 0 aliphatic rings. The van der Waals surface area contributed by atoms with E-state index in [2.05, 4.69) is 15.9 Å². The van der Waals surface area contributed by atoms with Crippen LogP contribution in [0.2, 0.25) is 0 Å². The van der Waals surface area contributed by atoms with Crippen LogP contribution in [0, 0.1) is 6.92 Å². The smallest absolute Gasteiger partial charge is 0.246 e. The minimum absolute atomic E-state index is 0.0565. The lowest BCUT2D eigenvalue weighted by Gasteiger charge is -2.13. The van der Waals surface area contributed by atoms with Crippen molar-refractivity contribution in [3.63, 3.8) is 0 Å². The van der Waals surface area contributed by atoms with Crippen molar-refractivity contribution in [2.24, 2.45) is 0 Å². The monoisotopic (exact) mass is 333 g/mol. The first-order valence-corrected chi connectivity index (χ1v) is 7.08. The van der Waals surface area contributed by atoms with Crippen molar-refractivity contribution in [2.45, 2.75) is 13.5 Å². The fraction of sp³-hybridized carbons (Fsp3) is 0.188. The molecule has 20 heavy (non-hydrogen) atoms. The van der Waals surface area contributed by atoms with Crippen LogP contribution in [0.1, 0.15) is 17.1 Å². The summed E-state index contributed by atoms with van der Waals surface area (Å²) in [5.74, 6) is 1.58. The normalized spacial score (nSPS) is 10.9. The average molecular weight is 334 g/mol. The highest BCUT2D eigenvalue weighted by Crippen LogP contribution is 2.13. The predicted molar refractivity (Wildman–Crippen MR) is 83.1 cm³/mol. The Morgan fingerprint density at radius 2 is 2.15 bits per heavy atom. The standard InChI is InChI=1S/C16H16BrNO2/c1-12-6-8-15(20-12)11-18(2)16(19)9-7-13-4-3-5-14(17)10-13/h3-10H,11H2,1-2H3/b9-7+. The first-order valence-electron chi connectivity index (χ1n) is 6.28. The highest BCUT2D eigenvalue weighted by atomic mass is 79.9. The van der Waals surface area contributed by atoms with Gasteiger partial charge in [-0.1, -0.05) is 28.1 Å². The Labute approximate surface area is 127 Å². The molecular formula is C16H16BrNO2. The summed E-state index contributed by atoms with van der Waals surface area (Å²) < 4.78 is 6.45. The van der Waals surface area contributed by atoms with Crippen LogP contribution in [0.3, 0.4) is 0 Å². The highest BCUT2D eigenvalue weighted by Gasteiger charge is 2.08. The zero-order valence-electron chi connectivity index (χ0n) is 11.5. The molecule has 0 unspecified atom stereocenters. The van der Waals surface area contributed by atoms with Crippen LogP contribution >= 0.6 is 15.9 Å². The third-order valence-electron chi connectivity index (χ3n) is 2.83. The van der Waals surface area contributed by atoms with Crippen LogP contribution in [0.5, 0.6) is 0 Å². The van der Waals surface area contributed by atoms with E-state index in [0.29, 0.717) is 6.54 Å². The molecule has 4 heteroatoms. The van der Waals surface area contributed by atoms with E-state index in [1.807, 2.05) is 43.3 Å². The summed E-state index contributed by atoms with van der Waals surface area (Å²) in [6.45, 7) is 2.36. The van der Waals surface area contributed by atoms with E-state index in [9.17, 15) is 4.79 Å². The quantitative estimate of drug-likeness (QED) is 0.791. The van der Waals surface area contributed by atoms with Gasteiger partial charge in [0.05, 0.1) is 6.54 Å². The van der Waals surface area contributed by atoms with Gasteiger partial charge in [-0.2, -0.15) is 0 Å². The van der Waals surface area contributed by atoms with E-state index >= 15 is 0 Å². The average Bonchev–Trinajstić information content (AvgIpc) is 2.81. The lowest BCUT2D eigenvalue weighted by Crippen LogP contribution is -2.23. The Balaban J connectivity index is 1.97. The van der Waals surface area contributed by atoms with Crippen molar-refractivity contribution in [2.75, 3.05) is 7.05 Å². The first-order chi connectivity index (χ1) is 9.54. The molecule has 0 spiro atoms. The summed E-state index contributed by atoms with van der Waals surface area (Å²) in [5.41, 5.74) is 0.981. The minimum atomic E-state index is -0.0565. The van der Waals surface area contributed by atoms with Crippen molar-refractivity contribution in [1.29, 1.82) is 0 Å². The molecule has 3 nitrogen and oxygen atoms in total. The lowest BCUT2D eigenvalue weighted by molar-refractivity contribution is -0.125. The van der Waals surface area contributed by atoms with Gasteiger partial charge in [-0.25, -0.2) is 0 Å². The fourth-order valence-electron chi connectivity index (χ4n) is 1.79. The van der Waals surface area contributed by atoms with Crippen molar-refractivity contribution in [3.05, 3.63) is 64.0 Å². The number of halogens is 1. The van der Waals surface area contributed by atoms with Gasteiger partial charge < -0.3 is 9.32 Å². The second-order valence-electron chi connectivity index (χ2n) is 4.59. The molecule has 0 aliphatic heterocycles. The minimum Gasteiger partial charge on any atom is -0.464 e. The van der Waals surface area contributed by atoms with Gasteiger partial charge in [0, 0.05) is 17.6 Å². The van der Waals surface area contributed by atoms with E-state index < -0.39 is 0 Å². The van der Waals surface area contributed by atoms with Crippen LogP contribution in [0.25, 0.3) is 6.08 Å². The molecule has 0 saturated heterocycles. The molecule has 0 aliphatic carbocycles. The fourth-order valence-corrected chi connectivity index (χ4v) is 2.20. The van der Waals surface area contributed by atoms with Gasteiger partial charge in [-0.3, -0.25) is 4.79 Å². The molecule has 2 rings (SSSR count). The van der Waals surface area contributed by atoms with Crippen molar-refractivity contribution in [3.8, 4) is 0 Å². The Hall–Kier alpha value is -1.81. The molecule has 0 bridgehead atoms. The maximum Gasteiger partial charge on any atom is 0.246 e. The molecule has 2 aromatic rings. The number of carbonyl (C=O) groups excluding carboxylic acids is 1. The topological polar surface area (TPSA) is 33.5 Å². The predicted octanol–water partition coefficient (Wildman–Crippen LogP) is 4.02. The number of benzene rings is 1. The summed E-state index contributed by atoms with van der Waals surface area (Å²) in [4.78, 5) is 13.6. The van der Waals surface area contributed by atoms with E-state index in [1.165, 1.54) is 0 Å². The number of hydrogen-bond donors (Lipinski definition) is 0. The number of aryl methyl sites for hydroxylation is 1. The van der Waals surface area contributed by atoms with Crippen molar-refractivity contribution in [1.82, 2.24) is 4.90 Å². The zero-order valence-corrected chi connectivity index (χ0v) is 13.1. The Morgan fingerprint density at radius 1 is 1.35 bits per heavy atom. The summed E-state index contributed by atoms with van der Waals surface area (Å²) >= 11 is 3.40. The first kappa shape index (κ1) is 14.6. The van der Waals surface area contributed by atoms with E-state index in [4.69, 9.17) is 4.42 Å². The molecule has 1 aromatic heterocycles. The van der Waals surface area contributed by atoms with E-state index in [0.717, 1.165) is 21.6 Å². The molecule has 0 radical (unpaired) electrons. The molecule has 1 aromatic carbocycles. The van der Waals surface area contributed by atoms with Crippen molar-refractivity contribution >= 4 is 27.9 Å². The molecule has 1 amide bonds. The number of rotatable bonds is 4. The largest absolute Gasteiger partial charge is 0.464 e. The van der Waals surface area contributed by atoms with Gasteiger partial charge >= 0.3 is 0 Å². The van der Waals surface area contributed by atoms with E-state index in [1.54, 1.807) is 24.1 Å². The Morgan fingerprint density at radius 3 is 2.80 bits per heavy atom. The molecule has 0 fully saturated rings. The number of furan rings is 1. The number of nitrogens with zero attached hydrogens (tertiary/aromatic N) is 1. The molecule has 1 heterocycles. The SMILES string of the molecule is Cc1ccc(CN(C)C(=O)/C=C/c2cccc(Br)c2)o1. The number of carbonyl (C=O) groups is 1. The van der Waals surface area contributed by atoms with E-state index in [-0.39, 0.29) is 5.91 Å². The van der Waals surface area contributed by atoms with Crippen LogP contribution in [0.15, 0.2) is 51.4 Å². The van der Waals surface area contributed by atoms with Gasteiger partial charge in [0.15, 0.2) is 0 Å². The maximum atomic E-state index is 12.0. The maximum absolute atomic E-state index is 12.0. The summed E-state index contributed by atoms with van der Waals surface area (Å²) in [6, 6.07) is 11.6. The second-order valence-corrected chi connectivity index (χ2v) is 5.51. The third-order valence-corrected chi connectivity index (χ3v) is 3.33. The molecule has 0 atom stereocenters. The summed E-state index contributed by atoms with van der Waals surface area (Å²) in [5, 5.41) is 0. The zero-order chi connectivity index (χ0) is 14.5. The van der Waals surface area contributed by atoms with Gasteiger partial charge in [0.1, 0.15) is 11.5 Å². The Kier molecular flexibility index (Phi) is 4.79. The molecule has 0 N–H and O–H groups in total. The van der Waals surface area contributed by atoms with Gasteiger partial charge in [0.2, 0.25) is 5.91 Å². The highest BCUT2D eigenvalue weighted by molar-refractivity contribution is 9.10. The lowest BCUT2D eigenvalue weighted by atomic mass is 10.2. The van der Waals surface area contributed by atoms with Crippen molar-refractivity contribution < 1.29 is 9.21 Å². The van der Waals surface area contributed by atoms with Crippen LogP contribution in [0.4, 0.5) is 0 Å².